The van der Waals surface area contributed by atoms with Crippen LogP contribution >= 0.6 is 0 Å². The van der Waals surface area contributed by atoms with Crippen LogP contribution in [0, 0.1) is 5.82 Å². The molecule has 1 unspecified atom stereocenters. The molecule has 1 saturated heterocycles. The highest BCUT2D eigenvalue weighted by Crippen LogP contribution is 2.22. The van der Waals surface area contributed by atoms with Crippen molar-refractivity contribution in [1.82, 2.24) is 4.72 Å². The maximum Gasteiger partial charge on any atom is 0.241 e. The van der Waals surface area contributed by atoms with E-state index in [9.17, 15) is 12.8 Å². The van der Waals surface area contributed by atoms with Crippen molar-refractivity contribution in [3.8, 4) is 0 Å². The van der Waals surface area contributed by atoms with E-state index in [1.54, 1.807) is 6.92 Å². The van der Waals surface area contributed by atoms with E-state index in [0.29, 0.717) is 19.6 Å². The Kier molecular flexibility index (Phi) is 3.31. The Bertz CT molecular complexity index is 553. The Morgan fingerprint density at radius 1 is 1.50 bits per heavy atom. The summed E-state index contributed by atoms with van der Waals surface area (Å²) in [6.45, 7) is 2.61. The molecular weight excluding hydrogens is 259 g/mol. The van der Waals surface area contributed by atoms with Crippen LogP contribution < -0.4 is 10.5 Å². The maximum atomic E-state index is 13.0. The molecule has 0 aliphatic carbocycles. The number of rotatable bonds is 3. The smallest absolute Gasteiger partial charge is 0.241 e. The Hall–Kier alpha value is -1.18. The standard InChI is InChI=1S/C11H15FN2O3S/c1-11(4-5-17-7-11)14-18(15,16)8-2-3-9(12)10(13)6-8/h2-3,6,14H,4-5,7,13H2,1H3. The highest BCUT2D eigenvalue weighted by atomic mass is 32.2. The van der Waals surface area contributed by atoms with Crippen LogP contribution in [0.15, 0.2) is 23.1 Å². The van der Waals surface area contributed by atoms with Crippen molar-refractivity contribution < 1.29 is 17.5 Å². The van der Waals surface area contributed by atoms with Gasteiger partial charge >= 0.3 is 0 Å². The Labute approximate surface area is 105 Å². The molecule has 1 aliphatic heterocycles. The first kappa shape index (κ1) is 13.3. The van der Waals surface area contributed by atoms with Crippen molar-refractivity contribution in [2.45, 2.75) is 23.8 Å². The lowest BCUT2D eigenvalue weighted by molar-refractivity contribution is 0.178. The zero-order valence-corrected chi connectivity index (χ0v) is 10.8. The quantitative estimate of drug-likeness (QED) is 0.801. The second kappa shape index (κ2) is 4.49. The van der Waals surface area contributed by atoms with E-state index in [2.05, 4.69) is 4.72 Å². The van der Waals surface area contributed by atoms with Crippen LogP contribution in [0.5, 0.6) is 0 Å². The number of sulfonamides is 1. The fourth-order valence-corrected chi connectivity index (χ4v) is 3.28. The summed E-state index contributed by atoms with van der Waals surface area (Å²) in [5.41, 5.74) is 4.55. The first-order valence-electron chi connectivity index (χ1n) is 5.49. The number of nitrogen functional groups attached to an aromatic ring is 1. The van der Waals surface area contributed by atoms with Gasteiger partial charge < -0.3 is 10.5 Å². The summed E-state index contributed by atoms with van der Waals surface area (Å²) in [7, 11) is -3.72. The van der Waals surface area contributed by atoms with Crippen LogP contribution in [0.4, 0.5) is 10.1 Å². The summed E-state index contributed by atoms with van der Waals surface area (Å²) in [6, 6.07) is 3.33. The van der Waals surface area contributed by atoms with Gasteiger partial charge in [-0.3, -0.25) is 0 Å². The lowest BCUT2D eigenvalue weighted by Gasteiger charge is -2.23. The third-order valence-electron chi connectivity index (χ3n) is 2.88. The van der Waals surface area contributed by atoms with Crippen LogP contribution in [0.3, 0.4) is 0 Å². The van der Waals surface area contributed by atoms with Crippen LogP contribution in [-0.4, -0.2) is 27.2 Å². The molecule has 0 bridgehead atoms. The van der Waals surface area contributed by atoms with Gasteiger partial charge in [-0.25, -0.2) is 17.5 Å². The molecule has 18 heavy (non-hydrogen) atoms. The monoisotopic (exact) mass is 274 g/mol. The molecule has 5 nitrogen and oxygen atoms in total. The molecule has 1 aromatic carbocycles. The SMILES string of the molecule is CC1(NS(=O)(=O)c2ccc(F)c(N)c2)CCOC1. The molecule has 0 radical (unpaired) electrons. The second-order valence-electron chi connectivity index (χ2n) is 4.65. The van der Waals surface area contributed by atoms with E-state index in [4.69, 9.17) is 10.5 Å². The molecule has 0 aromatic heterocycles. The highest BCUT2D eigenvalue weighted by Gasteiger charge is 2.34. The average molecular weight is 274 g/mol. The number of halogens is 1. The summed E-state index contributed by atoms with van der Waals surface area (Å²) in [4.78, 5) is -0.0467. The van der Waals surface area contributed by atoms with Gasteiger partial charge in [-0.15, -0.1) is 0 Å². The molecule has 0 spiro atoms. The Morgan fingerprint density at radius 2 is 2.22 bits per heavy atom. The number of anilines is 1. The largest absolute Gasteiger partial charge is 0.396 e. The molecule has 1 fully saturated rings. The predicted molar refractivity (Wildman–Crippen MR) is 65.0 cm³/mol. The van der Waals surface area contributed by atoms with E-state index >= 15 is 0 Å². The molecule has 7 heteroatoms. The highest BCUT2D eigenvalue weighted by molar-refractivity contribution is 7.89. The summed E-state index contributed by atoms with van der Waals surface area (Å²) < 4.78 is 45.0. The minimum atomic E-state index is -3.72. The molecule has 2 rings (SSSR count). The van der Waals surface area contributed by atoms with Gasteiger partial charge in [0.25, 0.3) is 0 Å². The lowest BCUT2D eigenvalue weighted by Crippen LogP contribution is -2.46. The van der Waals surface area contributed by atoms with Crippen LogP contribution in [0.2, 0.25) is 0 Å². The van der Waals surface area contributed by atoms with Gasteiger partial charge in [-0.1, -0.05) is 0 Å². The molecule has 1 atom stereocenters. The van der Waals surface area contributed by atoms with Gasteiger partial charge in [0.05, 0.1) is 22.7 Å². The zero-order valence-electron chi connectivity index (χ0n) is 9.94. The van der Waals surface area contributed by atoms with Crippen LogP contribution in [-0.2, 0) is 14.8 Å². The van der Waals surface area contributed by atoms with Crippen molar-refractivity contribution in [3.05, 3.63) is 24.0 Å². The van der Waals surface area contributed by atoms with Gasteiger partial charge in [-0.2, -0.15) is 0 Å². The van der Waals surface area contributed by atoms with Gasteiger partial charge in [0, 0.05) is 6.61 Å². The van der Waals surface area contributed by atoms with Crippen molar-refractivity contribution in [1.29, 1.82) is 0 Å². The minimum Gasteiger partial charge on any atom is -0.396 e. The van der Waals surface area contributed by atoms with E-state index < -0.39 is 21.4 Å². The van der Waals surface area contributed by atoms with Crippen molar-refractivity contribution in [3.63, 3.8) is 0 Å². The number of hydrogen-bond donors (Lipinski definition) is 2. The maximum absolute atomic E-state index is 13.0. The molecule has 0 saturated carbocycles. The molecule has 0 amide bonds. The normalized spacial score (nSPS) is 24.3. The topological polar surface area (TPSA) is 81.4 Å². The number of hydrogen-bond acceptors (Lipinski definition) is 4. The van der Waals surface area contributed by atoms with Crippen molar-refractivity contribution in [2.24, 2.45) is 0 Å². The van der Waals surface area contributed by atoms with E-state index in [-0.39, 0.29) is 10.6 Å². The van der Waals surface area contributed by atoms with Crippen molar-refractivity contribution >= 4 is 15.7 Å². The predicted octanol–water partition coefficient (Wildman–Crippen LogP) is 0.865. The molecule has 1 aliphatic rings. The second-order valence-corrected chi connectivity index (χ2v) is 6.33. The minimum absolute atomic E-state index is 0.0467. The van der Waals surface area contributed by atoms with E-state index in [0.717, 1.165) is 12.1 Å². The molecule has 100 valence electrons. The number of nitrogens with one attached hydrogen (secondary N) is 1. The fraction of sp³-hybridized carbons (Fsp3) is 0.455. The first-order valence-corrected chi connectivity index (χ1v) is 6.97. The first-order chi connectivity index (χ1) is 8.32. The van der Waals surface area contributed by atoms with E-state index in [1.165, 1.54) is 6.07 Å². The zero-order chi connectivity index (χ0) is 13.4. The van der Waals surface area contributed by atoms with Crippen LogP contribution in [0.25, 0.3) is 0 Å². The number of benzene rings is 1. The molecule has 1 heterocycles. The molecular formula is C11H15FN2O3S. The third-order valence-corrected chi connectivity index (χ3v) is 4.51. The van der Waals surface area contributed by atoms with Gasteiger partial charge in [0.1, 0.15) is 5.82 Å². The summed E-state index contributed by atoms with van der Waals surface area (Å²) >= 11 is 0. The van der Waals surface area contributed by atoms with E-state index in [1.807, 2.05) is 0 Å². The summed E-state index contributed by atoms with van der Waals surface area (Å²) in [5, 5.41) is 0. The van der Waals surface area contributed by atoms with Gasteiger partial charge in [0.15, 0.2) is 0 Å². The number of nitrogens with two attached hydrogens (primary N) is 1. The lowest BCUT2D eigenvalue weighted by atomic mass is 10.0. The van der Waals surface area contributed by atoms with Gasteiger partial charge in [0.2, 0.25) is 10.0 Å². The third kappa shape index (κ3) is 2.63. The number of ether oxygens (including phenoxy) is 1. The van der Waals surface area contributed by atoms with Crippen LogP contribution in [0.1, 0.15) is 13.3 Å². The Morgan fingerprint density at radius 3 is 2.78 bits per heavy atom. The van der Waals surface area contributed by atoms with Gasteiger partial charge in [-0.05, 0) is 31.5 Å². The fourth-order valence-electron chi connectivity index (χ4n) is 1.82. The molecule has 3 N–H and O–H groups in total. The summed E-state index contributed by atoms with van der Waals surface area (Å²) in [5.74, 6) is -0.635. The summed E-state index contributed by atoms with van der Waals surface area (Å²) in [6.07, 6.45) is 0.600. The average Bonchev–Trinajstić information content (AvgIpc) is 2.67. The molecule has 1 aromatic rings. The van der Waals surface area contributed by atoms with Crippen molar-refractivity contribution in [2.75, 3.05) is 18.9 Å². The Balaban J connectivity index is 2.27.